The first kappa shape index (κ1) is 8.24. The fourth-order valence-electron chi connectivity index (χ4n) is 0.962. The molecule has 0 aliphatic heterocycles. The molecule has 0 fully saturated rings. The van der Waals surface area contributed by atoms with Gasteiger partial charge in [0.1, 0.15) is 0 Å². The Balaban J connectivity index is 2.94. The van der Waals surface area contributed by atoms with Crippen molar-refractivity contribution >= 4 is 45.6 Å². The smallest absolute Gasteiger partial charge is 0.179 e. The second-order valence-corrected chi connectivity index (χ2v) is 3.45. The van der Waals surface area contributed by atoms with Gasteiger partial charge in [0.15, 0.2) is 6.26 Å². The summed E-state index contributed by atoms with van der Waals surface area (Å²) < 4.78 is 4.83. The van der Waals surface area contributed by atoms with E-state index in [0.29, 0.717) is 20.5 Å². The van der Waals surface area contributed by atoms with Gasteiger partial charge in [-0.2, -0.15) is 0 Å². The van der Waals surface area contributed by atoms with E-state index in [0.717, 1.165) is 5.39 Å². The molecule has 0 atom stereocenters. The maximum atomic E-state index is 5.87. The molecular weight excluding hydrogens is 218 g/mol. The van der Waals surface area contributed by atoms with Crippen molar-refractivity contribution in [1.82, 2.24) is 0 Å². The van der Waals surface area contributed by atoms with Crippen molar-refractivity contribution in [3.8, 4) is 0 Å². The van der Waals surface area contributed by atoms with Crippen molar-refractivity contribution in [3.63, 3.8) is 0 Å². The van der Waals surface area contributed by atoms with E-state index in [2.05, 4.69) is 6.26 Å². The Kier molecular flexibility index (Phi) is 1.95. The molecule has 1 heterocycles. The highest BCUT2D eigenvalue weighted by atomic mass is 35.5. The van der Waals surface area contributed by atoms with E-state index in [4.69, 9.17) is 39.2 Å². The van der Waals surface area contributed by atoms with Crippen LogP contribution in [0, 0.1) is 6.26 Å². The predicted molar refractivity (Wildman–Crippen MR) is 50.1 cm³/mol. The lowest BCUT2D eigenvalue weighted by atomic mass is 10.2. The Morgan fingerprint density at radius 2 is 1.92 bits per heavy atom. The van der Waals surface area contributed by atoms with Crippen LogP contribution in [0.3, 0.4) is 0 Å². The van der Waals surface area contributed by atoms with Crippen LogP contribution >= 0.6 is 34.8 Å². The molecule has 4 heteroatoms. The summed E-state index contributed by atoms with van der Waals surface area (Å²) >= 11 is 17.4. The van der Waals surface area contributed by atoms with Gasteiger partial charge >= 0.3 is 0 Å². The minimum absolute atomic E-state index is 0.337. The molecule has 0 N–H and O–H groups in total. The molecule has 1 aromatic heterocycles. The molecule has 2 rings (SSSR count). The SMILES string of the molecule is Clc1cc2co[c]c2c(Cl)c1Cl. The van der Waals surface area contributed by atoms with Crippen molar-refractivity contribution in [2.75, 3.05) is 0 Å². The first-order valence-corrected chi connectivity index (χ1v) is 4.26. The largest absolute Gasteiger partial charge is 0.460 e. The molecule has 0 aliphatic carbocycles. The predicted octanol–water partition coefficient (Wildman–Crippen LogP) is 4.19. The van der Waals surface area contributed by atoms with E-state index in [9.17, 15) is 0 Å². The van der Waals surface area contributed by atoms with Crippen molar-refractivity contribution < 1.29 is 4.42 Å². The molecular formula is C8H2Cl3O. The fraction of sp³-hybridized carbons (Fsp3) is 0. The second-order valence-electron chi connectivity index (χ2n) is 2.29. The number of halogens is 3. The molecule has 12 heavy (non-hydrogen) atoms. The summed E-state index contributed by atoms with van der Waals surface area (Å²) in [5.41, 5.74) is 0. The van der Waals surface area contributed by atoms with Gasteiger partial charge in [-0.05, 0) is 6.07 Å². The van der Waals surface area contributed by atoms with Crippen molar-refractivity contribution in [2.45, 2.75) is 0 Å². The minimum Gasteiger partial charge on any atom is -0.460 e. The van der Waals surface area contributed by atoms with Crippen LogP contribution in [-0.2, 0) is 0 Å². The van der Waals surface area contributed by atoms with Crippen LogP contribution in [0.4, 0.5) is 0 Å². The van der Waals surface area contributed by atoms with Crippen LogP contribution < -0.4 is 0 Å². The van der Waals surface area contributed by atoms with Crippen molar-refractivity contribution in [2.24, 2.45) is 0 Å². The van der Waals surface area contributed by atoms with Gasteiger partial charge in [0.05, 0.1) is 26.7 Å². The molecule has 2 aromatic rings. The summed E-state index contributed by atoms with van der Waals surface area (Å²) in [6, 6.07) is 1.69. The summed E-state index contributed by atoms with van der Waals surface area (Å²) in [5, 5.41) is 2.60. The quantitative estimate of drug-likeness (QED) is 0.607. The van der Waals surface area contributed by atoms with Gasteiger partial charge < -0.3 is 4.42 Å². The molecule has 1 radical (unpaired) electrons. The number of fused-ring (bicyclic) bond motifs is 1. The van der Waals surface area contributed by atoms with Gasteiger partial charge in [-0.1, -0.05) is 34.8 Å². The molecule has 0 bridgehead atoms. The first-order valence-electron chi connectivity index (χ1n) is 3.12. The van der Waals surface area contributed by atoms with Crippen LogP contribution in [0.1, 0.15) is 0 Å². The summed E-state index contributed by atoms with van der Waals surface area (Å²) in [6.07, 6.45) is 4.12. The highest BCUT2D eigenvalue weighted by Crippen LogP contribution is 2.36. The summed E-state index contributed by atoms with van der Waals surface area (Å²) in [4.78, 5) is 0. The average molecular weight is 220 g/mol. The minimum atomic E-state index is 0.337. The van der Waals surface area contributed by atoms with E-state index in [1.165, 1.54) is 6.26 Å². The van der Waals surface area contributed by atoms with E-state index in [1.54, 1.807) is 6.07 Å². The van der Waals surface area contributed by atoms with Crippen molar-refractivity contribution in [1.29, 1.82) is 0 Å². The zero-order valence-corrected chi connectivity index (χ0v) is 7.96. The Hall–Kier alpha value is -0.370. The molecule has 1 aromatic carbocycles. The van der Waals surface area contributed by atoms with Gasteiger partial charge in [0, 0.05) is 5.39 Å². The molecule has 0 unspecified atom stereocenters. The zero-order chi connectivity index (χ0) is 8.72. The molecule has 0 aliphatic rings. The lowest BCUT2D eigenvalue weighted by Gasteiger charge is -1.98. The maximum absolute atomic E-state index is 5.87. The van der Waals surface area contributed by atoms with Gasteiger partial charge in [-0.25, -0.2) is 0 Å². The second kappa shape index (κ2) is 2.84. The number of hydrogen-bond donors (Lipinski definition) is 0. The monoisotopic (exact) mass is 219 g/mol. The van der Waals surface area contributed by atoms with Crippen LogP contribution in [0.2, 0.25) is 15.1 Å². The number of rotatable bonds is 0. The van der Waals surface area contributed by atoms with Crippen molar-refractivity contribution in [3.05, 3.63) is 33.7 Å². The average Bonchev–Trinajstić information content (AvgIpc) is 2.48. The lowest BCUT2D eigenvalue weighted by molar-refractivity contribution is 0.563. The number of benzene rings is 1. The Morgan fingerprint density at radius 1 is 1.17 bits per heavy atom. The van der Waals surface area contributed by atoms with E-state index in [1.807, 2.05) is 0 Å². The number of hydrogen-bond acceptors (Lipinski definition) is 1. The van der Waals surface area contributed by atoms with Gasteiger partial charge in [0.2, 0.25) is 0 Å². The Morgan fingerprint density at radius 3 is 2.67 bits per heavy atom. The summed E-state index contributed by atoms with van der Waals surface area (Å²) in [5.74, 6) is 0. The third kappa shape index (κ3) is 1.09. The van der Waals surface area contributed by atoms with E-state index >= 15 is 0 Å². The fourth-order valence-corrected chi connectivity index (χ4v) is 1.62. The molecule has 0 saturated heterocycles. The summed E-state index contributed by atoms with van der Waals surface area (Å²) in [7, 11) is 0. The topological polar surface area (TPSA) is 13.1 Å². The molecule has 1 nitrogen and oxygen atoms in total. The van der Waals surface area contributed by atoms with Crippen LogP contribution in [0.15, 0.2) is 16.7 Å². The summed E-state index contributed by atoms with van der Waals surface area (Å²) in [6.45, 7) is 0. The van der Waals surface area contributed by atoms with E-state index in [-0.39, 0.29) is 0 Å². The van der Waals surface area contributed by atoms with Gasteiger partial charge in [-0.15, -0.1) is 0 Å². The highest BCUT2D eigenvalue weighted by molar-refractivity contribution is 6.50. The zero-order valence-electron chi connectivity index (χ0n) is 5.70. The first-order chi connectivity index (χ1) is 5.70. The van der Waals surface area contributed by atoms with Crippen LogP contribution in [0.5, 0.6) is 0 Å². The normalized spacial score (nSPS) is 10.9. The standard InChI is InChI=1S/C8H2Cl3O/c9-6-1-4-2-12-3-5(4)7(10)8(6)11/h1-2H. The lowest BCUT2D eigenvalue weighted by Crippen LogP contribution is -1.72. The Bertz CT molecular complexity index is 433. The van der Waals surface area contributed by atoms with E-state index < -0.39 is 0 Å². The highest BCUT2D eigenvalue weighted by Gasteiger charge is 2.10. The van der Waals surface area contributed by atoms with Gasteiger partial charge in [-0.3, -0.25) is 0 Å². The molecule has 0 saturated carbocycles. The third-order valence-electron chi connectivity index (χ3n) is 1.54. The maximum Gasteiger partial charge on any atom is 0.179 e. The van der Waals surface area contributed by atoms with Gasteiger partial charge in [0.25, 0.3) is 0 Å². The molecule has 0 amide bonds. The number of furan rings is 1. The Labute approximate surface area is 83.8 Å². The van der Waals surface area contributed by atoms with Crippen LogP contribution in [0.25, 0.3) is 10.8 Å². The molecule has 61 valence electrons. The molecule has 0 spiro atoms. The van der Waals surface area contributed by atoms with Crippen LogP contribution in [-0.4, -0.2) is 0 Å². The third-order valence-corrected chi connectivity index (χ3v) is 2.80.